The molecule has 5 N–H and O–H groups in total. The summed E-state index contributed by atoms with van der Waals surface area (Å²) in [6, 6.07) is -0.905. The number of nitrogens with zero attached hydrogens (tertiary/aromatic N) is 4. The molecule has 2 aromatic rings. The summed E-state index contributed by atoms with van der Waals surface area (Å²) in [5.74, 6) is -0.118. The molecule has 0 amide bonds. The fourth-order valence-electron chi connectivity index (χ4n) is 2.60. The van der Waals surface area contributed by atoms with Crippen molar-refractivity contribution in [3.8, 4) is 0 Å². The zero-order chi connectivity index (χ0) is 18.0. The molecule has 10 nitrogen and oxygen atoms in total. The highest BCUT2D eigenvalue weighted by atomic mass is 32.2. The highest BCUT2D eigenvalue weighted by Crippen LogP contribution is 2.32. The quantitative estimate of drug-likeness (QED) is 0.445. The predicted molar refractivity (Wildman–Crippen MR) is 88.8 cm³/mol. The second-order valence-corrected chi connectivity index (χ2v) is 6.89. The van der Waals surface area contributed by atoms with Crippen molar-refractivity contribution < 1.29 is 24.9 Å². The van der Waals surface area contributed by atoms with Gasteiger partial charge in [0.1, 0.15) is 30.1 Å². The number of rotatable bonds is 7. The highest BCUT2D eigenvalue weighted by molar-refractivity contribution is 7.99. The molecule has 1 saturated heterocycles. The zero-order valence-corrected chi connectivity index (χ0v) is 14.0. The number of aliphatic hydroxyl groups excluding tert-OH is 2. The Morgan fingerprint density at radius 1 is 1.40 bits per heavy atom. The van der Waals surface area contributed by atoms with E-state index in [1.54, 1.807) is 10.8 Å². The van der Waals surface area contributed by atoms with Crippen LogP contribution in [-0.2, 0) is 9.53 Å². The lowest BCUT2D eigenvalue weighted by molar-refractivity contribution is -0.138. The maximum Gasteiger partial charge on any atom is 0.320 e. The number of aliphatic carboxylic acids is 1. The first-order valence-corrected chi connectivity index (χ1v) is 8.84. The Morgan fingerprint density at radius 3 is 2.96 bits per heavy atom. The summed E-state index contributed by atoms with van der Waals surface area (Å²) in [7, 11) is 0. The normalized spacial score (nSPS) is 27.6. The van der Waals surface area contributed by atoms with Crippen molar-refractivity contribution >= 4 is 28.9 Å². The number of hydrogen-bond donors (Lipinski definition) is 4. The number of imidazole rings is 1. The number of carboxylic acid groups (broad SMARTS) is 1. The summed E-state index contributed by atoms with van der Waals surface area (Å²) in [6.07, 6.45) is 1.14. The number of aromatic nitrogens is 4. The van der Waals surface area contributed by atoms with Gasteiger partial charge in [-0.05, 0) is 12.2 Å². The Balaban J connectivity index is 1.60. The van der Waals surface area contributed by atoms with Crippen LogP contribution >= 0.6 is 11.8 Å². The summed E-state index contributed by atoms with van der Waals surface area (Å²) < 4.78 is 7.35. The first kappa shape index (κ1) is 18.0. The Morgan fingerprint density at radius 2 is 2.20 bits per heavy atom. The van der Waals surface area contributed by atoms with E-state index in [4.69, 9.17) is 15.6 Å². The number of ether oxygens (including phenoxy) is 1. The molecule has 1 unspecified atom stereocenters. The summed E-state index contributed by atoms with van der Waals surface area (Å²) >= 11 is 1.41. The lowest BCUT2D eigenvalue weighted by Gasteiger charge is -2.16. The molecule has 0 radical (unpaired) electrons. The van der Waals surface area contributed by atoms with Gasteiger partial charge in [-0.2, -0.15) is 11.8 Å². The number of hydrogen-bond acceptors (Lipinski definition) is 9. The van der Waals surface area contributed by atoms with Crippen molar-refractivity contribution in [2.24, 2.45) is 5.73 Å². The number of carboxylic acids is 1. The zero-order valence-electron chi connectivity index (χ0n) is 13.2. The molecule has 3 heterocycles. The van der Waals surface area contributed by atoms with E-state index in [2.05, 4.69) is 15.0 Å². The Labute approximate surface area is 147 Å². The van der Waals surface area contributed by atoms with Gasteiger partial charge in [-0.3, -0.25) is 9.36 Å². The van der Waals surface area contributed by atoms with Crippen LogP contribution in [0.3, 0.4) is 0 Å². The molecule has 25 heavy (non-hydrogen) atoms. The third kappa shape index (κ3) is 3.75. The molecule has 0 aliphatic carbocycles. The van der Waals surface area contributed by atoms with Crippen molar-refractivity contribution in [2.45, 2.75) is 37.0 Å². The van der Waals surface area contributed by atoms with Gasteiger partial charge >= 0.3 is 5.97 Å². The largest absolute Gasteiger partial charge is 0.480 e. The molecule has 136 valence electrons. The van der Waals surface area contributed by atoms with Gasteiger partial charge in [0.2, 0.25) is 0 Å². The van der Waals surface area contributed by atoms with Crippen LogP contribution in [-0.4, -0.2) is 76.7 Å². The van der Waals surface area contributed by atoms with E-state index in [1.165, 1.54) is 24.4 Å². The van der Waals surface area contributed by atoms with Crippen molar-refractivity contribution in [1.82, 2.24) is 19.5 Å². The molecule has 1 fully saturated rings. The minimum atomic E-state index is -1.13. The van der Waals surface area contributed by atoms with Gasteiger partial charge < -0.3 is 25.8 Å². The summed E-state index contributed by atoms with van der Waals surface area (Å²) in [6.45, 7) is 0. The van der Waals surface area contributed by atoms with Gasteiger partial charge in [-0.1, -0.05) is 0 Å². The Hall–Kier alpha value is -1.79. The fraction of sp³-hybridized carbons (Fsp3) is 0.571. The van der Waals surface area contributed by atoms with Gasteiger partial charge in [-0.15, -0.1) is 0 Å². The molecule has 5 atom stereocenters. The first-order chi connectivity index (χ1) is 12.0. The molecule has 1 aliphatic heterocycles. The number of aliphatic hydroxyl groups is 2. The van der Waals surface area contributed by atoms with E-state index >= 15 is 0 Å². The topological polar surface area (TPSA) is 157 Å². The molecule has 0 bridgehead atoms. The minimum absolute atomic E-state index is 0.317. The molecular formula is C14H19N5O5S. The third-order valence-electron chi connectivity index (χ3n) is 4.02. The minimum Gasteiger partial charge on any atom is -0.480 e. The number of fused-ring (bicyclic) bond motifs is 1. The second kappa shape index (κ2) is 7.62. The molecule has 0 spiro atoms. The van der Waals surface area contributed by atoms with Crippen molar-refractivity contribution in [3.05, 3.63) is 18.9 Å². The maximum atomic E-state index is 10.7. The van der Waals surface area contributed by atoms with Gasteiger partial charge in [0, 0.05) is 5.75 Å². The van der Waals surface area contributed by atoms with Crippen LogP contribution in [0.15, 0.2) is 18.9 Å². The van der Waals surface area contributed by atoms with Crippen LogP contribution in [0.4, 0.5) is 0 Å². The van der Waals surface area contributed by atoms with Crippen molar-refractivity contribution in [1.29, 1.82) is 0 Å². The third-order valence-corrected chi connectivity index (χ3v) is 5.11. The number of carbonyl (C=O) groups is 1. The van der Waals surface area contributed by atoms with Gasteiger partial charge in [-0.25, -0.2) is 15.0 Å². The van der Waals surface area contributed by atoms with E-state index in [0.29, 0.717) is 29.1 Å². The smallest absolute Gasteiger partial charge is 0.320 e. The molecule has 0 aromatic carbocycles. The summed E-state index contributed by atoms with van der Waals surface area (Å²) in [4.78, 5) is 22.8. The van der Waals surface area contributed by atoms with Gasteiger partial charge in [0.15, 0.2) is 11.9 Å². The van der Waals surface area contributed by atoms with Gasteiger partial charge in [0.05, 0.1) is 18.6 Å². The van der Waals surface area contributed by atoms with Crippen LogP contribution in [0.1, 0.15) is 12.6 Å². The van der Waals surface area contributed by atoms with E-state index in [0.717, 1.165) is 0 Å². The monoisotopic (exact) mass is 369 g/mol. The fourth-order valence-corrected chi connectivity index (χ4v) is 3.70. The lowest BCUT2D eigenvalue weighted by Crippen LogP contribution is -2.33. The van der Waals surface area contributed by atoms with E-state index < -0.39 is 36.6 Å². The van der Waals surface area contributed by atoms with E-state index in [1.807, 2.05) is 0 Å². The first-order valence-electron chi connectivity index (χ1n) is 7.69. The second-order valence-electron chi connectivity index (χ2n) is 5.74. The Bertz CT molecular complexity index is 743. The highest BCUT2D eigenvalue weighted by Gasteiger charge is 2.44. The molecule has 3 rings (SSSR count). The lowest BCUT2D eigenvalue weighted by atomic mass is 10.1. The van der Waals surface area contributed by atoms with E-state index in [-0.39, 0.29) is 0 Å². The predicted octanol–water partition coefficient (Wildman–Crippen LogP) is -1.02. The average Bonchev–Trinajstić information content (AvgIpc) is 3.14. The van der Waals surface area contributed by atoms with Gasteiger partial charge in [0.25, 0.3) is 0 Å². The maximum absolute atomic E-state index is 10.7. The number of nitrogens with two attached hydrogens (primary N) is 1. The van der Waals surface area contributed by atoms with Crippen LogP contribution in [0.5, 0.6) is 0 Å². The van der Waals surface area contributed by atoms with Crippen LogP contribution < -0.4 is 5.73 Å². The SMILES string of the molecule is NC(CCSC[C@H]1O[C@@H](n2cnc3cncnc32)[C@H](O)[C@@H]1O)C(=O)O. The van der Waals surface area contributed by atoms with Crippen LogP contribution in [0.2, 0.25) is 0 Å². The number of thioether (sulfide) groups is 1. The van der Waals surface area contributed by atoms with Crippen LogP contribution in [0.25, 0.3) is 11.2 Å². The van der Waals surface area contributed by atoms with Crippen molar-refractivity contribution in [3.63, 3.8) is 0 Å². The average molecular weight is 369 g/mol. The van der Waals surface area contributed by atoms with E-state index in [9.17, 15) is 15.0 Å². The summed E-state index contributed by atoms with van der Waals surface area (Å²) in [5.41, 5.74) is 6.51. The molecule has 1 aliphatic rings. The summed E-state index contributed by atoms with van der Waals surface area (Å²) in [5, 5.41) is 29.3. The molecular weight excluding hydrogens is 350 g/mol. The van der Waals surface area contributed by atoms with Crippen molar-refractivity contribution in [2.75, 3.05) is 11.5 Å². The van der Waals surface area contributed by atoms with Crippen LogP contribution in [0, 0.1) is 0 Å². The molecule has 2 aromatic heterocycles. The molecule has 11 heteroatoms. The molecule has 0 saturated carbocycles. The Kier molecular flexibility index (Phi) is 5.49. The standard InChI is InChI=1S/C14H19N5O5S/c15-7(14(22)23)1-2-25-4-9-10(20)11(21)13(24-9)19-6-18-8-3-16-5-17-12(8)19/h3,5-7,9-11,13,20-21H,1-2,4,15H2,(H,22,23)/t7?,9-,10-,11-,13-/m1/s1.